The predicted molar refractivity (Wildman–Crippen MR) is 68.4 cm³/mol. The number of nitrogens with two attached hydrogens (primary N) is 2. The summed E-state index contributed by atoms with van der Waals surface area (Å²) in [7, 11) is 0. The van der Waals surface area contributed by atoms with Crippen LogP contribution in [0.2, 0.25) is 0 Å². The van der Waals surface area contributed by atoms with Crippen molar-refractivity contribution in [3.63, 3.8) is 0 Å². The standard InChI is InChI=1S/C13H10N4O2/c14-7-10-9(15)5-6-12(17-10)19-11-4-2-1-3-8(11)13(16)18/h1-6H,15H2,(H2,16,18). The lowest BCUT2D eigenvalue weighted by atomic mass is 10.2. The Bertz CT molecular complexity index is 677. The first-order valence-corrected chi connectivity index (χ1v) is 5.35. The Labute approximate surface area is 109 Å². The predicted octanol–water partition coefficient (Wildman–Crippen LogP) is 1.43. The summed E-state index contributed by atoms with van der Waals surface area (Å²) in [6.45, 7) is 0. The zero-order valence-corrected chi connectivity index (χ0v) is 9.83. The first kappa shape index (κ1) is 12.4. The molecule has 0 atom stereocenters. The Morgan fingerprint density at radius 3 is 2.68 bits per heavy atom. The third-order valence-corrected chi connectivity index (χ3v) is 2.37. The largest absolute Gasteiger partial charge is 0.438 e. The van der Waals surface area contributed by atoms with Crippen molar-refractivity contribution < 1.29 is 9.53 Å². The number of para-hydroxylation sites is 1. The van der Waals surface area contributed by atoms with Gasteiger partial charge in [-0.1, -0.05) is 12.1 Å². The topological polar surface area (TPSA) is 115 Å². The van der Waals surface area contributed by atoms with Crippen molar-refractivity contribution in [1.29, 1.82) is 5.26 Å². The number of benzene rings is 1. The van der Waals surface area contributed by atoms with Gasteiger partial charge in [-0.05, 0) is 18.2 Å². The van der Waals surface area contributed by atoms with Gasteiger partial charge in [0.2, 0.25) is 5.88 Å². The minimum atomic E-state index is -0.605. The molecule has 6 nitrogen and oxygen atoms in total. The summed E-state index contributed by atoms with van der Waals surface area (Å²) in [5.74, 6) is -0.165. The minimum Gasteiger partial charge on any atom is -0.438 e. The van der Waals surface area contributed by atoms with E-state index in [1.54, 1.807) is 24.3 Å². The number of carbonyl (C=O) groups is 1. The second-order valence-corrected chi connectivity index (χ2v) is 3.66. The molecule has 0 bridgehead atoms. The van der Waals surface area contributed by atoms with Crippen LogP contribution < -0.4 is 16.2 Å². The first-order chi connectivity index (χ1) is 9.11. The highest BCUT2D eigenvalue weighted by molar-refractivity contribution is 5.95. The van der Waals surface area contributed by atoms with Crippen LogP contribution in [0.25, 0.3) is 0 Å². The molecule has 0 radical (unpaired) electrons. The smallest absolute Gasteiger partial charge is 0.252 e. The Morgan fingerprint density at radius 1 is 1.26 bits per heavy atom. The van der Waals surface area contributed by atoms with Gasteiger partial charge in [0.05, 0.1) is 11.3 Å². The van der Waals surface area contributed by atoms with Crippen molar-refractivity contribution in [3.8, 4) is 17.7 Å². The molecule has 0 aliphatic carbocycles. The van der Waals surface area contributed by atoms with Crippen LogP contribution in [-0.2, 0) is 0 Å². The van der Waals surface area contributed by atoms with Crippen molar-refractivity contribution in [2.75, 3.05) is 5.73 Å². The second kappa shape index (κ2) is 5.06. The van der Waals surface area contributed by atoms with Gasteiger partial charge < -0.3 is 16.2 Å². The van der Waals surface area contributed by atoms with Crippen molar-refractivity contribution in [1.82, 2.24) is 4.98 Å². The van der Waals surface area contributed by atoms with E-state index in [0.717, 1.165) is 0 Å². The third kappa shape index (κ3) is 2.61. The lowest BCUT2D eigenvalue weighted by molar-refractivity contribution is 0.0998. The Hall–Kier alpha value is -3.07. The molecule has 1 aromatic heterocycles. The number of carbonyl (C=O) groups excluding carboxylic acids is 1. The molecule has 0 aliphatic heterocycles. The molecular formula is C13H10N4O2. The number of nitrogen functional groups attached to an aromatic ring is 1. The van der Waals surface area contributed by atoms with Crippen LogP contribution in [0.4, 0.5) is 5.69 Å². The Kier molecular flexibility index (Phi) is 3.30. The van der Waals surface area contributed by atoms with Gasteiger partial charge in [0.1, 0.15) is 11.8 Å². The van der Waals surface area contributed by atoms with Gasteiger partial charge in [0.15, 0.2) is 5.69 Å². The number of hydrogen-bond acceptors (Lipinski definition) is 5. The molecule has 2 aromatic rings. The lowest BCUT2D eigenvalue weighted by Gasteiger charge is -2.08. The average Bonchev–Trinajstić information content (AvgIpc) is 2.41. The van der Waals surface area contributed by atoms with Gasteiger partial charge in [-0.2, -0.15) is 5.26 Å². The number of nitriles is 1. The van der Waals surface area contributed by atoms with Gasteiger partial charge in [-0.3, -0.25) is 4.79 Å². The highest BCUT2D eigenvalue weighted by Gasteiger charge is 2.10. The molecule has 0 saturated carbocycles. The summed E-state index contributed by atoms with van der Waals surface area (Å²) in [5, 5.41) is 8.83. The van der Waals surface area contributed by atoms with Crippen LogP contribution in [0.3, 0.4) is 0 Å². The van der Waals surface area contributed by atoms with E-state index in [2.05, 4.69) is 4.98 Å². The van der Waals surface area contributed by atoms with Crippen LogP contribution in [0, 0.1) is 11.3 Å². The SMILES string of the molecule is N#Cc1nc(Oc2ccccc2C(N)=O)ccc1N. The molecule has 1 heterocycles. The summed E-state index contributed by atoms with van der Waals surface area (Å²) in [6, 6.07) is 11.4. The number of nitrogens with zero attached hydrogens (tertiary/aromatic N) is 2. The number of primary amides is 1. The summed E-state index contributed by atoms with van der Waals surface area (Å²) in [5.41, 5.74) is 11.4. The fourth-order valence-electron chi connectivity index (χ4n) is 1.47. The van der Waals surface area contributed by atoms with E-state index in [4.69, 9.17) is 21.5 Å². The van der Waals surface area contributed by atoms with Crippen LogP contribution in [0.1, 0.15) is 16.1 Å². The molecule has 0 unspecified atom stereocenters. The molecule has 94 valence electrons. The number of ether oxygens (including phenoxy) is 1. The van der Waals surface area contributed by atoms with Crippen LogP contribution >= 0.6 is 0 Å². The van der Waals surface area contributed by atoms with Crippen molar-refractivity contribution in [3.05, 3.63) is 47.7 Å². The van der Waals surface area contributed by atoms with Crippen molar-refractivity contribution in [2.24, 2.45) is 5.73 Å². The molecule has 4 N–H and O–H groups in total. The van der Waals surface area contributed by atoms with Gasteiger partial charge in [-0.25, -0.2) is 4.98 Å². The van der Waals surface area contributed by atoms with Gasteiger partial charge in [0, 0.05) is 6.07 Å². The Morgan fingerprint density at radius 2 is 2.00 bits per heavy atom. The number of anilines is 1. The molecular weight excluding hydrogens is 244 g/mol. The molecule has 0 spiro atoms. The number of amides is 1. The zero-order valence-electron chi connectivity index (χ0n) is 9.83. The summed E-state index contributed by atoms with van der Waals surface area (Å²) < 4.78 is 5.45. The zero-order chi connectivity index (χ0) is 13.8. The highest BCUT2D eigenvalue weighted by atomic mass is 16.5. The third-order valence-electron chi connectivity index (χ3n) is 2.37. The van der Waals surface area contributed by atoms with E-state index in [9.17, 15) is 4.79 Å². The maximum Gasteiger partial charge on any atom is 0.252 e. The molecule has 1 amide bonds. The molecule has 0 fully saturated rings. The van der Waals surface area contributed by atoms with Gasteiger partial charge in [-0.15, -0.1) is 0 Å². The maximum atomic E-state index is 11.2. The fourth-order valence-corrected chi connectivity index (χ4v) is 1.47. The summed E-state index contributed by atoms with van der Waals surface area (Å²) in [4.78, 5) is 15.2. The first-order valence-electron chi connectivity index (χ1n) is 5.35. The molecule has 0 saturated heterocycles. The van der Waals surface area contributed by atoms with E-state index in [1.165, 1.54) is 12.1 Å². The van der Waals surface area contributed by atoms with E-state index in [1.807, 2.05) is 6.07 Å². The quantitative estimate of drug-likeness (QED) is 0.859. The fraction of sp³-hybridized carbons (Fsp3) is 0. The molecule has 0 aliphatic rings. The maximum absolute atomic E-state index is 11.2. The van der Waals surface area contributed by atoms with E-state index in [-0.39, 0.29) is 28.6 Å². The number of hydrogen-bond donors (Lipinski definition) is 2. The van der Waals surface area contributed by atoms with Gasteiger partial charge >= 0.3 is 0 Å². The van der Waals surface area contributed by atoms with Crippen molar-refractivity contribution in [2.45, 2.75) is 0 Å². The van der Waals surface area contributed by atoms with Crippen LogP contribution in [0.15, 0.2) is 36.4 Å². The second-order valence-electron chi connectivity index (χ2n) is 3.66. The summed E-state index contributed by atoms with van der Waals surface area (Å²) in [6.07, 6.45) is 0. The van der Waals surface area contributed by atoms with E-state index >= 15 is 0 Å². The monoisotopic (exact) mass is 254 g/mol. The van der Waals surface area contributed by atoms with Gasteiger partial charge in [0.25, 0.3) is 5.91 Å². The molecule has 6 heteroatoms. The van der Waals surface area contributed by atoms with Crippen molar-refractivity contribution >= 4 is 11.6 Å². The highest BCUT2D eigenvalue weighted by Crippen LogP contribution is 2.24. The number of pyridine rings is 1. The van der Waals surface area contributed by atoms with E-state index < -0.39 is 5.91 Å². The van der Waals surface area contributed by atoms with E-state index in [0.29, 0.717) is 0 Å². The normalized spacial score (nSPS) is 9.63. The molecule has 2 rings (SSSR count). The lowest BCUT2D eigenvalue weighted by Crippen LogP contribution is -2.12. The van der Waals surface area contributed by atoms with Crippen LogP contribution in [0.5, 0.6) is 11.6 Å². The Balaban J connectivity index is 2.37. The number of rotatable bonds is 3. The molecule has 1 aromatic carbocycles. The minimum absolute atomic E-state index is 0.0639. The summed E-state index contributed by atoms with van der Waals surface area (Å²) >= 11 is 0. The average molecular weight is 254 g/mol. The molecule has 19 heavy (non-hydrogen) atoms. The number of aromatic nitrogens is 1. The van der Waals surface area contributed by atoms with Crippen LogP contribution in [-0.4, -0.2) is 10.9 Å².